The standard InChI is InChI=1S/C22H20N4O3S/c1-14-11-19(30-13-23)15(2)10-18(14)24-12-17-20(27)25-22(29)26(21(17)28)9-8-16-6-4-3-5-7-16/h3-7,10-12,28H,8-9H2,1-2H3,(H,25,27,29). The van der Waals surface area contributed by atoms with E-state index in [0.29, 0.717) is 12.1 Å². The molecule has 0 aliphatic heterocycles. The van der Waals surface area contributed by atoms with Crippen molar-refractivity contribution in [3.8, 4) is 11.3 Å². The van der Waals surface area contributed by atoms with Gasteiger partial charge in [-0.3, -0.25) is 19.3 Å². The Morgan fingerprint density at radius 2 is 1.93 bits per heavy atom. The Morgan fingerprint density at radius 3 is 2.63 bits per heavy atom. The fraction of sp³-hybridized carbons (Fsp3) is 0.182. The molecule has 7 nitrogen and oxygen atoms in total. The number of aromatic amines is 1. The number of aryl methyl sites for hydroxylation is 3. The van der Waals surface area contributed by atoms with Crippen molar-refractivity contribution in [2.45, 2.75) is 31.7 Å². The lowest BCUT2D eigenvalue weighted by Gasteiger charge is -2.10. The second-order valence-corrected chi connectivity index (χ2v) is 7.57. The van der Waals surface area contributed by atoms with Crippen molar-refractivity contribution in [1.82, 2.24) is 9.55 Å². The van der Waals surface area contributed by atoms with Gasteiger partial charge >= 0.3 is 5.69 Å². The summed E-state index contributed by atoms with van der Waals surface area (Å²) in [6, 6.07) is 13.2. The number of nitrogens with zero attached hydrogens (tertiary/aromatic N) is 3. The summed E-state index contributed by atoms with van der Waals surface area (Å²) in [6.07, 6.45) is 1.78. The molecule has 2 aromatic carbocycles. The van der Waals surface area contributed by atoms with Gasteiger partial charge in [-0.05, 0) is 60.9 Å². The average Bonchev–Trinajstić information content (AvgIpc) is 2.71. The van der Waals surface area contributed by atoms with Gasteiger partial charge in [-0.25, -0.2) is 4.79 Å². The Kier molecular flexibility index (Phi) is 6.54. The molecule has 0 aliphatic rings. The summed E-state index contributed by atoms with van der Waals surface area (Å²) in [5, 5.41) is 21.5. The van der Waals surface area contributed by atoms with E-state index in [2.05, 4.69) is 9.98 Å². The van der Waals surface area contributed by atoms with E-state index < -0.39 is 17.1 Å². The smallest absolute Gasteiger partial charge is 0.331 e. The SMILES string of the molecule is Cc1cc(SC#N)c(C)cc1N=Cc1c(O)n(CCc2ccccc2)c(=O)[nH]c1=O. The highest BCUT2D eigenvalue weighted by atomic mass is 32.2. The molecule has 0 saturated carbocycles. The molecule has 0 unspecified atom stereocenters. The van der Waals surface area contributed by atoms with Crippen LogP contribution in [0.25, 0.3) is 0 Å². The van der Waals surface area contributed by atoms with Gasteiger partial charge in [-0.15, -0.1) is 0 Å². The van der Waals surface area contributed by atoms with Gasteiger partial charge in [-0.2, -0.15) is 5.26 Å². The molecular formula is C22H20N4O3S. The predicted molar refractivity (Wildman–Crippen MR) is 118 cm³/mol. The van der Waals surface area contributed by atoms with Gasteiger partial charge in [0.15, 0.2) is 0 Å². The van der Waals surface area contributed by atoms with Crippen molar-refractivity contribution >= 4 is 23.7 Å². The molecule has 0 amide bonds. The van der Waals surface area contributed by atoms with Crippen LogP contribution in [-0.2, 0) is 13.0 Å². The lowest BCUT2D eigenvalue weighted by Crippen LogP contribution is -2.32. The molecule has 3 rings (SSSR count). The fourth-order valence-corrected chi connectivity index (χ4v) is 3.55. The van der Waals surface area contributed by atoms with E-state index in [1.54, 1.807) is 0 Å². The van der Waals surface area contributed by atoms with E-state index in [9.17, 15) is 14.7 Å². The Bertz CT molecular complexity index is 1250. The van der Waals surface area contributed by atoms with Crippen molar-refractivity contribution in [2.24, 2.45) is 4.99 Å². The molecule has 0 atom stereocenters. The average molecular weight is 420 g/mol. The summed E-state index contributed by atoms with van der Waals surface area (Å²) in [7, 11) is 0. The Labute approximate surface area is 177 Å². The summed E-state index contributed by atoms with van der Waals surface area (Å²) in [6.45, 7) is 3.93. The number of rotatable bonds is 6. The van der Waals surface area contributed by atoms with Crippen molar-refractivity contribution < 1.29 is 5.11 Å². The first-order chi connectivity index (χ1) is 14.4. The summed E-state index contributed by atoms with van der Waals surface area (Å²) in [5.41, 5.74) is 1.85. The number of aromatic nitrogens is 2. The molecule has 1 heterocycles. The zero-order chi connectivity index (χ0) is 21.7. The molecule has 152 valence electrons. The van der Waals surface area contributed by atoms with Crippen LogP contribution in [0.2, 0.25) is 0 Å². The number of nitriles is 1. The predicted octanol–water partition coefficient (Wildman–Crippen LogP) is 3.43. The van der Waals surface area contributed by atoms with Crippen molar-refractivity contribution in [3.63, 3.8) is 0 Å². The number of aliphatic imine (C=N–C) groups is 1. The zero-order valence-corrected chi connectivity index (χ0v) is 17.4. The highest BCUT2D eigenvalue weighted by molar-refractivity contribution is 8.03. The maximum Gasteiger partial charge on any atom is 0.331 e. The van der Waals surface area contributed by atoms with E-state index in [1.807, 2.05) is 61.7 Å². The lowest BCUT2D eigenvalue weighted by molar-refractivity contribution is 0.399. The monoisotopic (exact) mass is 420 g/mol. The first-order valence-corrected chi connectivity index (χ1v) is 10.0. The first-order valence-electron chi connectivity index (χ1n) is 9.22. The molecule has 0 spiro atoms. The van der Waals surface area contributed by atoms with Crippen LogP contribution in [-0.4, -0.2) is 20.9 Å². The minimum absolute atomic E-state index is 0.0878. The molecule has 3 aromatic rings. The maximum atomic E-state index is 12.2. The normalized spacial score (nSPS) is 11.0. The second kappa shape index (κ2) is 9.29. The highest BCUT2D eigenvalue weighted by Gasteiger charge is 2.13. The van der Waals surface area contributed by atoms with E-state index in [0.717, 1.165) is 37.9 Å². The van der Waals surface area contributed by atoms with Crippen LogP contribution in [0.15, 0.2) is 61.9 Å². The van der Waals surface area contributed by atoms with Gasteiger partial charge < -0.3 is 5.11 Å². The second-order valence-electron chi connectivity index (χ2n) is 6.74. The third-order valence-corrected chi connectivity index (χ3v) is 5.41. The fourth-order valence-electron chi connectivity index (χ4n) is 2.99. The van der Waals surface area contributed by atoms with Crippen molar-refractivity contribution in [2.75, 3.05) is 0 Å². The summed E-state index contributed by atoms with van der Waals surface area (Å²) in [5.74, 6) is -0.422. The number of benzene rings is 2. The number of thiocyanates is 1. The lowest BCUT2D eigenvalue weighted by atomic mass is 10.1. The van der Waals surface area contributed by atoms with Gasteiger partial charge in [0.05, 0.1) is 5.69 Å². The first kappa shape index (κ1) is 21.1. The molecule has 0 radical (unpaired) electrons. The molecule has 1 aromatic heterocycles. The number of hydrogen-bond acceptors (Lipinski definition) is 6. The minimum Gasteiger partial charge on any atom is -0.494 e. The Hall–Kier alpha value is -3.57. The van der Waals surface area contributed by atoms with Crippen LogP contribution in [0, 0.1) is 24.5 Å². The van der Waals surface area contributed by atoms with Crippen LogP contribution in [0.5, 0.6) is 5.88 Å². The van der Waals surface area contributed by atoms with Gasteiger partial charge in [0.1, 0.15) is 11.0 Å². The number of aromatic hydroxyl groups is 1. The van der Waals surface area contributed by atoms with Crippen LogP contribution in [0.4, 0.5) is 5.69 Å². The zero-order valence-electron chi connectivity index (χ0n) is 16.5. The molecule has 30 heavy (non-hydrogen) atoms. The molecule has 0 fully saturated rings. The van der Waals surface area contributed by atoms with E-state index in [4.69, 9.17) is 5.26 Å². The van der Waals surface area contributed by atoms with Crippen molar-refractivity contribution in [1.29, 1.82) is 5.26 Å². The Balaban J connectivity index is 1.93. The van der Waals surface area contributed by atoms with Crippen LogP contribution in [0.1, 0.15) is 22.3 Å². The van der Waals surface area contributed by atoms with E-state index in [-0.39, 0.29) is 12.1 Å². The number of H-pyrrole nitrogens is 1. The molecular weight excluding hydrogens is 400 g/mol. The molecule has 0 bridgehead atoms. The van der Waals surface area contributed by atoms with Gasteiger partial charge in [0.25, 0.3) is 5.56 Å². The number of hydrogen-bond donors (Lipinski definition) is 2. The Morgan fingerprint density at radius 1 is 1.20 bits per heavy atom. The maximum absolute atomic E-state index is 12.2. The van der Waals surface area contributed by atoms with Gasteiger partial charge in [0, 0.05) is 17.7 Å². The van der Waals surface area contributed by atoms with Crippen LogP contribution in [0.3, 0.4) is 0 Å². The molecule has 2 N–H and O–H groups in total. The summed E-state index contributed by atoms with van der Waals surface area (Å²) in [4.78, 5) is 31.8. The third-order valence-electron chi connectivity index (χ3n) is 4.66. The van der Waals surface area contributed by atoms with Crippen LogP contribution >= 0.6 is 11.8 Å². The molecule has 8 heteroatoms. The number of nitrogens with one attached hydrogen (secondary N) is 1. The largest absolute Gasteiger partial charge is 0.494 e. The van der Waals surface area contributed by atoms with E-state index in [1.165, 1.54) is 6.21 Å². The minimum atomic E-state index is -0.705. The van der Waals surface area contributed by atoms with E-state index >= 15 is 0 Å². The third kappa shape index (κ3) is 4.70. The van der Waals surface area contributed by atoms with Gasteiger partial charge in [-0.1, -0.05) is 30.3 Å². The quantitative estimate of drug-likeness (QED) is 0.361. The molecule has 0 saturated heterocycles. The highest BCUT2D eigenvalue weighted by Crippen LogP contribution is 2.29. The van der Waals surface area contributed by atoms with Crippen molar-refractivity contribution in [3.05, 3.63) is 85.6 Å². The summed E-state index contributed by atoms with van der Waals surface area (Å²) < 4.78 is 1.13. The van der Waals surface area contributed by atoms with Gasteiger partial charge in [0.2, 0.25) is 5.88 Å². The van der Waals surface area contributed by atoms with Crippen LogP contribution < -0.4 is 11.2 Å². The number of thioether (sulfide) groups is 1. The topological polar surface area (TPSA) is 111 Å². The molecule has 0 aliphatic carbocycles. The summed E-state index contributed by atoms with van der Waals surface area (Å²) >= 11 is 1.07.